The minimum absolute atomic E-state index is 0.585. The molecule has 0 saturated heterocycles. The van der Waals surface area contributed by atoms with Gasteiger partial charge in [0, 0.05) is 18.0 Å². The van der Waals surface area contributed by atoms with E-state index in [9.17, 15) is 0 Å². The van der Waals surface area contributed by atoms with Crippen molar-refractivity contribution in [3.05, 3.63) is 23.8 Å². The van der Waals surface area contributed by atoms with Crippen LogP contribution in [0, 0.1) is 0 Å². The van der Waals surface area contributed by atoms with Crippen LogP contribution in [0.4, 0.5) is 0 Å². The molecule has 1 N–H and O–H groups in total. The number of fused-ring (bicyclic) bond motifs is 1. The summed E-state index contributed by atoms with van der Waals surface area (Å²) >= 11 is 0. The van der Waals surface area contributed by atoms with Gasteiger partial charge in [0.15, 0.2) is 0 Å². The Labute approximate surface area is 154 Å². The summed E-state index contributed by atoms with van der Waals surface area (Å²) in [5.74, 6) is 1.71. The number of aromatic nitrogens is 3. The molecule has 0 aliphatic rings. The van der Waals surface area contributed by atoms with Gasteiger partial charge in [-0.25, -0.2) is 4.98 Å². The highest BCUT2D eigenvalue weighted by Crippen LogP contribution is 2.26. The Balaban J connectivity index is 1.93. The molecule has 2 heterocycles. The molecule has 0 spiro atoms. The Morgan fingerprint density at radius 1 is 0.920 bits per heavy atom. The fourth-order valence-corrected chi connectivity index (χ4v) is 3.60. The average Bonchev–Trinajstić information content (AvgIpc) is 3.03. The zero-order valence-electron chi connectivity index (χ0n) is 16.6. The summed E-state index contributed by atoms with van der Waals surface area (Å²) in [5, 5.41) is 0. The van der Waals surface area contributed by atoms with Crippen LogP contribution in [0.1, 0.15) is 109 Å². The van der Waals surface area contributed by atoms with Gasteiger partial charge in [0.05, 0.1) is 11.7 Å². The van der Waals surface area contributed by atoms with Gasteiger partial charge in [-0.15, -0.1) is 0 Å². The Morgan fingerprint density at radius 2 is 1.64 bits per heavy atom. The maximum Gasteiger partial charge on any atom is 0.107 e. The molecule has 0 aliphatic carbocycles. The first-order valence-corrected chi connectivity index (χ1v) is 10.6. The highest BCUT2D eigenvalue weighted by atomic mass is 14.9. The van der Waals surface area contributed by atoms with Crippen molar-refractivity contribution >= 4 is 11.0 Å². The molecule has 140 valence electrons. The summed E-state index contributed by atoms with van der Waals surface area (Å²) in [7, 11) is 0. The third-order valence-electron chi connectivity index (χ3n) is 5.27. The fraction of sp³-hybridized carbons (Fsp3) is 0.727. The fourth-order valence-electron chi connectivity index (χ4n) is 3.60. The molecular weight excluding hydrogens is 306 g/mol. The van der Waals surface area contributed by atoms with E-state index in [-0.39, 0.29) is 0 Å². The topological polar surface area (TPSA) is 41.6 Å². The number of aromatic amines is 1. The number of aryl methyl sites for hydroxylation is 1. The summed E-state index contributed by atoms with van der Waals surface area (Å²) in [6.45, 7) is 6.81. The van der Waals surface area contributed by atoms with Crippen molar-refractivity contribution < 1.29 is 0 Å². The van der Waals surface area contributed by atoms with Crippen LogP contribution in [-0.4, -0.2) is 15.0 Å². The first kappa shape index (κ1) is 19.9. The molecule has 1 atom stereocenters. The minimum atomic E-state index is 0.585. The van der Waals surface area contributed by atoms with Crippen molar-refractivity contribution in [2.24, 2.45) is 0 Å². The van der Waals surface area contributed by atoms with E-state index >= 15 is 0 Å². The van der Waals surface area contributed by atoms with E-state index in [1.807, 2.05) is 6.20 Å². The van der Waals surface area contributed by atoms with Crippen molar-refractivity contribution in [3.63, 3.8) is 0 Å². The second kappa shape index (κ2) is 11.3. The van der Waals surface area contributed by atoms with Crippen molar-refractivity contribution in [2.45, 2.75) is 104 Å². The molecule has 2 aromatic heterocycles. The lowest BCUT2D eigenvalue weighted by Gasteiger charge is -2.14. The van der Waals surface area contributed by atoms with Gasteiger partial charge in [0.1, 0.15) is 11.3 Å². The Morgan fingerprint density at radius 3 is 2.36 bits per heavy atom. The molecule has 0 radical (unpaired) electrons. The molecule has 2 rings (SSSR count). The summed E-state index contributed by atoms with van der Waals surface area (Å²) in [6.07, 6.45) is 17.3. The van der Waals surface area contributed by atoms with Gasteiger partial charge >= 0.3 is 0 Å². The third-order valence-corrected chi connectivity index (χ3v) is 5.27. The molecule has 2 aromatic rings. The van der Waals surface area contributed by atoms with Crippen LogP contribution in [0.5, 0.6) is 0 Å². The van der Waals surface area contributed by atoms with Gasteiger partial charge in [0.2, 0.25) is 0 Å². The van der Waals surface area contributed by atoms with Gasteiger partial charge in [0.25, 0.3) is 0 Å². The van der Waals surface area contributed by atoms with E-state index in [0.29, 0.717) is 5.92 Å². The number of pyridine rings is 1. The van der Waals surface area contributed by atoms with Gasteiger partial charge in [-0.3, -0.25) is 4.98 Å². The largest absolute Gasteiger partial charge is 0.342 e. The minimum Gasteiger partial charge on any atom is -0.342 e. The maximum atomic E-state index is 4.73. The lowest BCUT2D eigenvalue weighted by molar-refractivity contribution is 0.534. The zero-order valence-corrected chi connectivity index (χ0v) is 16.6. The molecule has 1 unspecified atom stereocenters. The van der Waals surface area contributed by atoms with E-state index in [1.54, 1.807) is 0 Å². The highest BCUT2D eigenvalue weighted by Gasteiger charge is 2.13. The molecule has 0 fully saturated rings. The number of hydrogen-bond donors (Lipinski definition) is 1. The summed E-state index contributed by atoms with van der Waals surface area (Å²) in [5.41, 5.74) is 3.43. The van der Waals surface area contributed by atoms with Gasteiger partial charge in [-0.05, 0) is 25.3 Å². The number of imidazole rings is 1. The van der Waals surface area contributed by atoms with E-state index in [4.69, 9.17) is 9.97 Å². The van der Waals surface area contributed by atoms with Gasteiger partial charge in [-0.2, -0.15) is 0 Å². The standard InChI is InChI=1S/C22H37N3/c1-4-7-9-11-13-15-22-24-20-16-19(23-17-21(20)25-22)18(6-3)14-12-10-8-5-2/h16-18H,4-15H2,1-3H3,(H,24,25). The van der Waals surface area contributed by atoms with E-state index in [2.05, 4.69) is 31.8 Å². The van der Waals surface area contributed by atoms with E-state index in [0.717, 1.165) is 17.8 Å². The highest BCUT2D eigenvalue weighted by molar-refractivity contribution is 5.74. The maximum absolute atomic E-state index is 4.73. The van der Waals surface area contributed by atoms with Crippen LogP contribution in [0.15, 0.2) is 12.3 Å². The van der Waals surface area contributed by atoms with Crippen LogP contribution >= 0.6 is 0 Å². The monoisotopic (exact) mass is 343 g/mol. The predicted molar refractivity (Wildman–Crippen MR) is 108 cm³/mol. The molecule has 25 heavy (non-hydrogen) atoms. The van der Waals surface area contributed by atoms with E-state index in [1.165, 1.54) is 81.8 Å². The number of rotatable bonds is 13. The number of nitrogens with zero attached hydrogens (tertiary/aromatic N) is 2. The van der Waals surface area contributed by atoms with Crippen LogP contribution in [0.2, 0.25) is 0 Å². The Hall–Kier alpha value is -1.38. The number of unbranched alkanes of at least 4 members (excludes halogenated alkanes) is 7. The first-order valence-electron chi connectivity index (χ1n) is 10.6. The summed E-state index contributed by atoms with van der Waals surface area (Å²) < 4.78 is 0. The molecule has 3 nitrogen and oxygen atoms in total. The average molecular weight is 344 g/mol. The molecule has 3 heteroatoms. The number of H-pyrrole nitrogens is 1. The molecule has 0 aromatic carbocycles. The van der Waals surface area contributed by atoms with Crippen molar-refractivity contribution in [2.75, 3.05) is 0 Å². The van der Waals surface area contributed by atoms with E-state index < -0.39 is 0 Å². The molecule has 0 saturated carbocycles. The predicted octanol–water partition coefficient (Wildman–Crippen LogP) is 6.93. The summed E-state index contributed by atoms with van der Waals surface area (Å²) in [4.78, 5) is 13.0. The zero-order chi connectivity index (χ0) is 17.9. The van der Waals surface area contributed by atoms with Crippen LogP contribution in [0.25, 0.3) is 11.0 Å². The number of nitrogens with one attached hydrogen (secondary N) is 1. The molecule has 0 aliphatic heterocycles. The first-order chi connectivity index (χ1) is 12.3. The smallest absolute Gasteiger partial charge is 0.107 e. The molecule has 0 bridgehead atoms. The number of hydrogen-bond acceptors (Lipinski definition) is 2. The quantitative estimate of drug-likeness (QED) is 0.400. The second-order valence-corrected chi connectivity index (χ2v) is 7.43. The summed E-state index contributed by atoms with van der Waals surface area (Å²) in [6, 6.07) is 2.25. The lowest BCUT2D eigenvalue weighted by atomic mass is 9.94. The molecule has 0 amide bonds. The normalized spacial score (nSPS) is 12.8. The van der Waals surface area contributed by atoms with Gasteiger partial charge in [-0.1, -0.05) is 72.1 Å². The van der Waals surface area contributed by atoms with Gasteiger partial charge < -0.3 is 4.98 Å². The third kappa shape index (κ3) is 6.45. The van der Waals surface area contributed by atoms with Crippen LogP contribution < -0.4 is 0 Å². The van der Waals surface area contributed by atoms with Crippen molar-refractivity contribution in [1.29, 1.82) is 0 Å². The Bertz CT molecular complexity index is 602. The Kier molecular flexibility index (Phi) is 8.99. The van der Waals surface area contributed by atoms with Crippen molar-refractivity contribution in [1.82, 2.24) is 15.0 Å². The second-order valence-electron chi connectivity index (χ2n) is 7.43. The van der Waals surface area contributed by atoms with Crippen LogP contribution in [0.3, 0.4) is 0 Å². The SMILES string of the molecule is CCCCCCCc1nc2cnc(C(CC)CCCCCC)cc2[nH]1. The lowest BCUT2D eigenvalue weighted by Crippen LogP contribution is -2.00. The molecular formula is C22H37N3. The van der Waals surface area contributed by atoms with Crippen LogP contribution in [-0.2, 0) is 6.42 Å². The van der Waals surface area contributed by atoms with Crippen molar-refractivity contribution in [3.8, 4) is 0 Å².